The number of benzene rings is 1. The van der Waals surface area contributed by atoms with Gasteiger partial charge >= 0.3 is 0 Å². The molecule has 1 aliphatic heterocycles. The normalized spacial score (nSPS) is 19.8. The molecule has 0 aromatic heterocycles. The highest BCUT2D eigenvalue weighted by Crippen LogP contribution is 2.28. The molecule has 0 spiro atoms. The molecule has 1 fully saturated rings. The van der Waals surface area contributed by atoms with E-state index in [-0.39, 0.29) is 16.3 Å². The van der Waals surface area contributed by atoms with Gasteiger partial charge < -0.3 is 4.90 Å². The molecule has 1 saturated heterocycles. The summed E-state index contributed by atoms with van der Waals surface area (Å²) >= 11 is 3.50. The summed E-state index contributed by atoms with van der Waals surface area (Å²) in [4.78, 5) is 24.6. The Bertz CT molecular complexity index is 446. The first kappa shape index (κ1) is 12.9. The van der Waals surface area contributed by atoms with Crippen molar-refractivity contribution in [3.8, 4) is 0 Å². The van der Waals surface area contributed by atoms with E-state index >= 15 is 0 Å². The fraction of sp³-hybridized carbons (Fsp3) is 0.333. The van der Waals surface area contributed by atoms with Crippen LogP contribution in [0.3, 0.4) is 0 Å². The van der Waals surface area contributed by atoms with Crippen LogP contribution < -0.4 is 4.90 Å². The molecular formula is C12H12INO2S. The van der Waals surface area contributed by atoms with Crippen molar-refractivity contribution >= 4 is 51.1 Å². The highest BCUT2D eigenvalue weighted by molar-refractivity contribution is 14.1. The summed E-state index contributed by atoms with van der Waals surface area (Å²) in [5, 5.41) is 0.173. The van der Waals surface area contributed by atoms with Crippen LogP contribution in [0.4, 0.5) is 5.69 Å². The predicted molar refractivity (Wildman–Crippen MR) is 78.2 cm³/mol. The standard InChI is InChI=1S/C12H12INO2S/c1-8(15)17-11-6-12(16)14(7-11)10-4-2-9(13)3-5-10/h2-5,11H,6-7H2,1H3. The van der Waals surface area contributed by atoms with E-state index in [1.54, 1.807) is 11.8 Å². The summed E-state index contributed by atoms with van der Waals surface area (Å²) in [5.41, 5.74) is 0.919. The van der Waals surface area contributed by atoms with Crippen molar-refractivity contribution in [3.63, 3.8) is 0 Å². The Morgan fingerprint density at radius 3 is 2.65 bits per heavy atom. The highest BCUT2D eigenvalue weighted by atomic mass is 127. The Kier molecular flexibility index (Phi) is 4.09. The Morgan fingerprint density at radius 1 is 1.41 bits per heavy atom. The minimum Gasteiger partial charge on any atom is -0.311 e. The van der Waals surface area contributed by atoms with E-state index in [0.717, 1.165) is 9.26 Å². The Morgan fingerprint density at radius 2 is 2.06 bits per heavy atom. The van der Waals surface area contributed by atoms with E-state index in [4.69, 9.17) is 0 Å². The zero-order valence-electron chi connectivity index (χ0n) is 9.35. The lowest BCUT2D eigenvalue weighted by atomic mass is 10.3. The minimum absolute atomic E-state index is 0.0762. The van der Waals surface area contributed by atoms with Crippen LogP contribution in [-0.2, 0) is 9.59 Å². The molecule has 0 radical (unpaired) electrons. The molecule has 1 aromatic rings. The monoisotopic (exact) mass is 361 g/mol. The maximum atomic E-state index is 11.9. The van der Waals surface area contributed by atoms with Crippen LogP contribution in [0.25, 0.3) is 0 Å². The molecule has 1 heterocycles. The number of hydrogen-bond donors (Lipinski definition) is 0. The van der Waals surface area contributed by atoms with Gasteiger partial charge in [0.15, 0.2) is 5.12 Å². The van der Waals surface area contributed by atoms with Gasteiger partial charge in [0.25, 0.3) is 0 Å². The summed E-state index contributed by atoms with van der Waals surface area (Å²) in [6.45, 7) is 2.17. The number of nitrogens with zero attached hydrogens (tertiary/aromatic N) is 1. The zero-order valence-corrected chi connectivity index (χ0v) is 12.3. The van der Waals surface area contributed by atoms with Crippen molar-refractivity contribution in [2.75, 3.05) is 11.4 Å². The molecule has 1 aromatic carbocycles. The topological polar surface area (TPSA) is 37.4 Å². The minimum atomic E-state index is 0.0762. The summed E-state index contributed by atoms with van der Waals surface area (Å²) < 4.78 is 1.15. The van der Waals surface area contributed by atoms with Crippen LogP contribution in [0.5, 0.6) is 0 Å². The third-order valence-corrected chi connectivity index (χ3v) is 4.26. The van der Waals surface area contributed by atoms with Crippen LogP contribution in [0.1, 0.15) is 13.3 Å². The van der Waals surface area contributed by atoms with Crippen molar-refractivity contribution in [2.24, 2.45) is 0 Å². The molecular weight excluding hydrogens is 349 g/mol. The zero-order chi connectivity index (χ0) is 12.4. The fourth-order valence-electron chi connectivity index (χ4n) is 1.86. The SMILES string of the molecule is CC(=O)SC1CC(=O)N(c2ccc(I)cc2)C1. The number of hydrogen-bond acceptors (Lipinski definition) is 3. The van der Waals surface area contributed by atoms with E-state index < -0.39 is 0 Å². The van der Waals surface area contributed by atoms with Crippen LogP contribution in [0.2, 0.25) is 0 Å². The second-order valence-corrected chi connectivity index (χ2v) is 6.64. The van der Waals surface area contributed by atoms with Gasteiger partial charge in [-0.15, -0.1) is 0 Å². The van der Waals surface area contributed by atoms with Gasteiger partial charge in [-0.25, -0.2) is 0 Å². The van der Waals surface area contributed by atoms with E-state index in [9.17, 15) is 9.59 Å². The third kappa shape index (κ3) is 3.22. The van der Waals surface area contributed by atoms with Crippen molar-refractivity contribution in [3.05, 3.63) is 27.8 Å². The summed E-state index contributed by atoms with van der Waals surface area (Å²) in [6, 6.07) is 7.85. The highest BCUT2D eigenvalue weighted by Gasteiger charge is 2.31. The van der Waals surface area contributed by atoms with Crippen molar-refractivity contribution in [2.45, 2.75) is 18.6 Å². The molecule has 1 unspecified atom stereocenters. The maximum absolute atomic E-state index is 11.9. The van der Waals surface area contributed by atoms with Crippen LogP contribution >= 0.6 is 34.4 Å². The Balaban J connectivity index is 2.10. The molecule has 2 rings (SSSR count). The molecule has 0 aliphatic carbocycles. The molecule has 17 heavy (non-hydrogen) atoms. The van der Waals surface area contributed by atoms with Gasteiger partial charge in [0.1, 0.15) is 0 Å². The number of halogens is 1. The van der Waals surface area contributed by atoms with E-state index in [0.29, 0.717) is 13.0 Å². The van der Waals surface area contributed by atoms with Gasteiger partial charge in [-0.05, 0) is 46.9 Å². The first-order valence-electron chi connectivity index (χ1n) is 5.29. The molecule has 0 N–H and O–H groups in total. The van der Waals surface area contributed by atoms with Gasteiger partial charge in [-0.2, -0.15) is 0 Å². The van der Waals surface area contributed by atoms with Gasteiger partial charge in [-0.3, -0.25) is 9.59 Å². The molecule has 1 aliphatic rings. The van der Waals surface area contributed by atoms with Crippen LogP contribution in [0, 0.1) is 3.57 Å². The second-order valence-electron chi connectivity index (χ2n) is 3.92. The molecule has 1 atom stereocenters. The molecule has 0 saturated carbocycles. The first-order chi connectivity index (χ1) is 8.06. The number of thioether (sulfide) groups is 1. The quantitative estimate of drug-likeness (QED) is 0.761. The average Bonchev–Trinajstić information content (AvgIpc) is 2.59. The van der Waals surface area contributed by atoms with E-state index in [2.05, 4.69) is 22.6 Å². The maximum Gasteiger partial charge on any atom is 0.228 e. The number of anilines is 1. The molecule has 90 valence electrons. The van der Waals surface area contributed by atoms with Gasteiger partial charge in [0.2, 0.25) is 5.91 Å². The van der Waals surface area contributed by atoms with Crippen molar-refractivity contribution < 1.29 is 9.59 Å². The van der Waals surface area contributed by atoms with Crippen LogP contribution in [-0.4, -0.2) is 22.8 Å². The Hall–Kier alpha value is -0.560. The smallest absolute Gasteiger partial charge is 0.228 e. The van der Waals surface area contributed by atoms with Crippen LogP contribution in [0.15, 0.2) is 24.3 Å². The molecule has 0 bridgehead atoms. The van der Waals surface area contributed by atoms with Gasteiger partial charge in [-0.1, -0.05) is 11.8 Å². The molecule has 3 nitrogen and oxygen atoms in total. The lowest BCUT2D eigenvalue weighted by Crippen LogP contribution is -2.24. The second kappa shape index (κ2) is 5.39. The molecule has 5 heteroatoms. The lowest BCUT2D eigenvalue weighted by molar-refractivity contribution is -0.117. The van der Waals surface area contributed by atoms with Crippen molar-refractivity contribution in [1.29, 1.82) is 0 Å². The number of amides is 1. The van der Waals surface area contributed by atoms with Gasteiger partial charge in [0.05, 0.1) is 0 Å². The Labute approximate surface area is 118 Å². The van der Waals surface area contributed by atoms with Crippen molar-refractivity contribution in [1.82, 2.24) is 0 Å². The predicted octanol–water partition coefficient (Wildman–Crippen LogP) is 2.68. The number of carbonyl (C=O) groups excluding carboxylic acids is 2. The summed E-state index contributed by atoms with van der Waals surface area (Å²) in [7, 11) is 0. The van der Waals surface area contributed by atoms with E-state index in [1.165, 1.54) is 11.8 Å². The lowest BCUT2D eigenvalue weighted by Gasteiger charge is -2.16. The first-order valence-corrected chi connectivity index (χ1v) is 7.25. The summed E-state index contributed by atoms with van der Waals surface area (Å²) in [6.07, 6.45) is 0.455. The number of carbonyl (C=O) groups is 2. The largest absolute Gasteiger partial charge is 0.311 e. The van der Waals surface area contributed by atoms with Gasteiger partial charge in [0, 0.05) is 34.4 Å². The van der Waals surface area contributed by atoms with E-state index in [1.807, 2.05) is 24.3 Å². The fourth-order valence-corrected chi connectivity index (χ4v) is 3.14. The third-order valence-electron chi connectivity index (χ3n) is 2.56. The average molecular weight is 361 g/mol. The number of rotatable bonds is 2. The molecule has 1 amide bonds. The summed E-state index contributed by atoms with van der Waals surface area (Å²) in [5.74, 6) is 0.102.